The fourth-order valence-electron chi connectivity index (χ4n) is 2.02. The average Bonchev–Trinajstić information content (AvgIpc) is 2.99. The van der Waals surface area contributed by atoms with E-state index in [4.69, 9.17) is 23.8 Å². The summed E-state index contributed by atoms with van der Waals surface area (Å²) in [5.41, 5.74) is 2.42. The third-order valence-electron chi connectivity index (χ3n) is 3.16. The lowest BCUT2D eigenvalue weighted by Gasteiger charge is -2.01. The van der Waals surface area contributed by atoms with Gasteiger partial charge in [0, 0.05) is 0 Å². The molecule has 0 bridgehead atoms. The maximum Gasteiger partial charge on any atom is 0.216 e. The highest BCUT2D eigenvalue weighted by molar-refractivity contribution is 7.71. The normalized spacial score (nSPS) is 11.4. The number of H-pyrrole nitrogens is 1. The molecule has 3 rings (SSSR count). The van der Waals surface area contributed by atoms with Crippen LogP contribution in [0.4, 0.5) is 0 Å². The van der Waals surface area contributed by atoms with Crippen LogP contribution in [0.25, 0.3) is 5.69 Å². The average molecular weight is 333 g/mol. The number of para-hydroxylation sites is 1. The van der Waals surface area contributed by atoms with Crippen LogP contribution in [-0.2, 0) is 0 Å². The van der Waals surface area contributed by atoms with E-state index in [-0.39, 0.29) is 0 Å². The van der Waals surface area contributed by atoms with Gasteiger partial charge in [0.2, 0.25) is 4.77 Å². The summed E-state index contributed by atoms with van der Waals surface area (Å²) in [6.45, 7) is 3.69. The minimum absolute atomic E-state index is 0.429. The third kappa shape index (κ3) is 2.60. The van der Waals surface area contributed by atoms with Crippen molar-refractivity contribution in [1.29, 1.82) is 0 Å². The molecule has 0 aliphatic rings. The molecule has 22 heavy (non-hydrogen) atoms. The summed E-state index contributed by atoms with van der Waals surface area (Å²) in [6.07, 6.45) is 1.64. The first-order valence-electron chi connectivity index (χ1n) is 6.57. The van der Waals surface area contributed by atoms with Crippen molar-refractivity contribution in [3.8, 4) is 5.69 Å². The predicted octanol–water partition coefficient (Wildman–Crippen LogP) is 3.28. The number of nitrogens with zero attached hydrogens (tertiary/aromatic N) is 5. The summed E-state index contributed by atoms with van der Waals surface area (Å²) in [5, 5.41) is 16.0. The van der Waals surface area contributed by atoms with Crippen LogP contribution in [-0.4, -0.2) is 30.9 Å². The van der Waals surface area contributed by atoms with E-state index < -0.39 is 0 Å². The van der Waals surface area contributed by atoms with Gasteiger partial charge in [-0.3, -0.25) is 5.10 Å². The Morgan fingerprint density at radius 1 is 1.27 bits per heavy atom. The minimum Gasteiger partial charge on any atom is -0.250 e. The largest absolute Gasteiger partial charge is 0.250 e. The first-order valence-corrected chi connectivity index (χ1v) is 7.35. The maximum absolute atomic E-state index is 6.43. The van der Waals surface area contributed by atoms with Crippen LogP contribution >= 0.6 is 23.8 Å². The molecule has 0 saturated heterocycles. The van der Waals surface area contributed by atoms with Gasteiger partial charge in [-0.05, 0) is 38.2 Å². The van der Waals surface area contributed by atoms with Gasteiger partial charge in [0.1, 0.15) is 11.0 Å². The number of nitrogens with one attached hydrogen (secondary N) is 1. The summed E-state index contributed by atoms with van der Waals surface area (Å²) >= 11 is 11.5. The van der Waals surface area contributed by atoms with Crippen molar-refractivity contribution in [3.63, 3.8) is 0 Å². The van der Waals surface area contributed by atoms with Gasteiger partial charge in [-0.2, -0.15) is 20.0 Å². The SMILES string of the molecule is Cc1nn(-c2ccccc2)c(Cl)c1/C=N/n1c(C)n[nH]c1=S. The summed E-state index contributed by atoms with van der Waals surface area (Å²) in [6, 6.07) is 9.69. The van der Waals surface area contributed by atoms with E-state index in [1.54, 1.807) is 10.9 Å². The Labute approximate surface area is 137 Å². The molecule has 0 amide bonds. The molecule has 0 saturated carbocycles. The van der Waals surface area contributed by atoms with Crippen molar-refractivity contribution in [2.45, 2.75) is 13.8 Å². The zero-order valence-electron chi connectivity index (χ0n) is 12.0. The van der Waals surface area contributed by atoms with E-state index >= 15 is 0 Å². The number of rotatable bonds is 3. The molecule has 6 nitrogen and oxygen atoms in total. The van der Waals surface area contributed by atoms with Crippen molar-refractivity contribution in [1.82, 2.24) is 24.7 Å². The molecule has 0 radical (unpaired) electrons. The fraction of sp³-hybridized carbons (Fsp3) is 0.143. The molecular formula is C14H13ClN6S. The Kier molecular flexibility index (Phi) is 3.91. The summed E-state index contributed by atoms with van der Waals surface area (Å²) in [7, 11) is 0. The second-order valence-corrected chi connectivity index (χ2v) is 5.41. The predicted molar refractivity (Wildman–Crippen MR) is 88.5 cm³/mol. The highest BCUT2D eigenvalue weighted by Gasteiger charge is 2.13. The van der Waals surface area contributed by atoms with Crippen LogP contribution in [0.3, 0.4) is 0 Å². The van der Waals surface area contributed by atoms with Gasteiger partial charge in [-0.1, -0.05) is 29.8 Å². The Morgan fingerprint density at radius 3 is 2.64 bits per heavy atom. The van der Waals surface area contributed by atoms with Crippen molar-refractivity contribution in [2.24, 2.45) is 5.10 Å². The summed E-state index contributed by atoms with van der Waals surface area (Å²) < 4.78 is 3.64. The number of aromatic nitrogens is 5. The lowest BCUT2D eigenvalue weighted by molar-refractivity contribution is 0.820. The van der Waals surface area contributed by atoms with Crippen LogP contribution in [0.1, 0.15) is 17.1 Å². The molecule has 2 heterocycles. The zero-order valence-corrected chi connectivity index (χ0v) is 13.6. The molecule has 8 heteroatoms. The molecule has 0 fully saturated rings. The third-order valence-corrected chi connectivity index (χ3v) is 3.79. The molecule has 0 aliphatic carbocycles. The smallest absolute Gasteiger partial charge is 0.216 e. The van der Waals surface area contributed by atoms with Crippen LogP contribution < -0.4 is 0 Å². The molecule has 0 atom stereocenters. The van der Waals surface area contributed by atoms with Gasteiger partial charge >= 0.3 is 0 Å². The molecule has 0 aliphatic heterocycles. The number of halogens is 1. The topological polar surface area (TPSA) is 63.8 Å². The second-order valence-electron chi connectivity index (χ2n) is 4.67. The molecule has 3 aromatic rings. The molecule has 1 N–H and O–H groups in total. The highest BCUT2D eigenvalue weighted by Crippen LogP contribution is 2.22. The van der Waals surface area contributed by atoms with E-state index in [9.17, 15) is 0 Å². The van der Waals surface area contributed by atoms with Gasteiger partial charge in [0.25, 0.3) is 0 Å². The number of aryl methyl sites for hydroxylation is 2. The molecule has 2 aromatic heterocycles. The number of hydrogen-bond acceptors (Lipinski definition) is 4. The van der Waals surface area contributed by atoms with Gasteiger partial charge in [0.15, 0.2) is 0 Å². The lowest BCUT2D eigenvalue weighted by atomic mass is 10.3. The number of hydrogen-bond donors (Lipinski definition) is 1. The monoisotopic (exact) mass is 332 g/mol. The Bertz CT molecular complexity index is 890. The Balaban J connectivity index is 2.03. The van der Waals surface area contributed by atoms with Gasteiger partial charge in [0.05, 0.1) is 23.2 Å². The Morgan fingerprint density at radius 2 is 2.00 bits per heavy atom. The molecule has 0 unspecified atom stereocenters. The first-order chi connectivity index (χ1) is 10.6. The summed E-state index contributed by atoms with van der Waals surface area (Å²) in [5.74, 6) is 0.672. The Hall–Kier alpha value is -2.25. The first kappa shape index (κ1) is 14.7. The molecule has 112 valence electrons. The van der Waals surface area contributed by atoms with Crippen LogP contribution in [0.2, 0.25) is 5.15 Å². The minimum atomic E-state index is 0.429. The molecule has 0 spiro atoms. The van der Waals surface area contributed by atoms with Gasteiger partial charge in [-0.15, -0.1) is 0 Å². The fourth-order valence-corrected chi connectivity index (χ4v) is 2.57. The molecular weight excluding hydrogens is 320 g/mol. The van der Waals surface area contributed by atoms with Gasteiger partial charge < -0.3 is 0 Å². The quantitative estimate of drug-likeness (QED) is 0.591. The number of benzene rings is 1. The zero-order chi connectivity index (χ0) is 15.7. The van der Waals surface area contributed by atoms with Gasteiger partial charge in [-0.25, -0.2) is 4.68 Å². The van der Waals surface area contributed by atoms with E-state index in [0.29, 0.717) is 15.7 Å². The standard InChI is InChI=1S/C14H13ClN6S/c1-9-12(8-16-20-10(2)17-18-14(20)22)13(15)21(19-9)11-6-4-3-5-7-11/h3-8H,1-2H3,(H,18,22)/b16-8+. The van der Waals surface area contributed by atoms with E-state index in [0.717, 1.165) is 16.9 Å². The van der Waals surface area contributed by atoms with Crippen LogP contribution in [0.15, 0.2) is 35.4 Å². The van der Waals surface area contributed by atoms with E-state index in [1.807, 2.05) is 44.2 Å². The van der Waals surface area contributed by atoms with Crippen LogP contribution in [0, 0.1) is 18.6 Å². The van der Waals surface area contributed by atoms with E-state index in [1.165, 1.54) is 4.68 Å². The van der Waals surface area contributed by atoms with Crippen molar-refractivity contribution >= 4 is 30.0 Å². The summed E-state index contributed by atoms with van der Waals surface area (Å²) in [4.78, 5) is 0. The van der Waals surface area contributed by atoms with Crippen molar-refractivity contribution in [3.05, 3.63) is 57.3 Å². The molecule has 1 aromatic carbocycles. The van der Waals surface area contributed by atoms with Crippen molar-refractivity contribution < 1.29 is 0 Å². The second kappa shape index (κ2) is 5.86. The van der Waals surface area contributed by atoms with Crippen molar-refractivity contribution in [2.75, 3.05) is 0 Å². The number of aromatic amines is 1. The lowest BCUT2D eigenvalue weighted by Crippen LogP contribution is -1.96. The van der Waals surface area contributed by atoms with E-state index in [2.05, 4.69) is 20.4 Å². The van der Waals surface area contributed by atoms with Crippen LogP contribution in [0.5, 0.6) is 0 Å². The highest BCUT2D eigenvalue weighted by atomic mass is 35.5. The maximum atomic E-state index is 6.43.